The Hall–Kier alpha value is -2.29. The first kappa shape index (κ1) is 12.7. The molecule has 3 heteroatoms. The van der Waals surface area contributed by atoms with E-state index in [9.17, 15) is 0 Å². The number of hydrogen-bond donors (Lipinski definition) is 0. The van der Waals surface area contributed by atoms with Gasteiger partial charge in [-0.1, -0.05) is 37.3 Å². The van der Waals surface area contributed by atoms with Gasteiger partial charge in [0.2, 0.25) is 5.88 Å². The monoisotopic (exact) mass is 266 g/mol. The van der Waals surface area contributed by atoms with Crippen LogP contribution in [0.4, 0.5) is 0 Å². The molecule has 0 amide bonds. The summed E-state index contributed by atoms with van der Waals surface area (Å²) in [5.41, 5.74) is 2.14. The highest BCUT2D eigenvalue weighted by Gasteiger charge is 2.07. The zero-order valence-electron chi connectivity index (χ0n) is 11.8. The summed E-state index contributed by atoms with van der Waals surface area (Å²) in [6, 6.07) is 16.7. The minimum atomic E-state index is 0.692. The summed E-state index contributed by atoms with van der Waals surface area (Å²) in [4.78, 5) is 0. The van der Waals surface area contributed by atoms with Crippen LogP contribution in [0.2, 0.25) is 0 Å². The van der Waals surface area contributed by atoms with Gasteiger partial charge in [-0.3, -0.25) is 0 Å². The SMILES string of the molecule is CCCOc1cc(C)n(-c2ccc3ccccc3c2)n1. The molecule has 0 spiro atoms. The predicted octanol–water partition coefficient (Wildman–Crippen LogP) is 4.12. The second-order valence-electron chi connectivity index (χ2n) is 4.92. The third kappa shape index (κ3) is 2.39. The van der Waals surface area contributed by atoms with Gasteiger partial charge in [-0.05, 0) is 36.2 Å². The van der Waals surface area contributed by atoms with Gasteiger partial charge in [-0.25, -0.2) is 4.68 Å². The Morgan fingerprint density at radius 3 is 2.65 bits per heavy atom. The number of benzene rings is 2. The Kier molecular flexibility index (Phi) is 3.42. The number of aromatic nitrogens is 2. The Morgan fingerprint density at radius 1 is 1.05 bits per heavy atom. The van der Waals surface area contributed by atoms with Crippen LogP contribution in [-0.4, -0.2) is 16.4 Å². The van der Waals surface area contributed by atoms with Crippen molar-refractivity contribution in [1.82, 2.24) is 9.78 Å². The molecule has 0 fully saturated rings. The predicted molar refractivity (Wildman–Crippen MR) is 81.6 cm³/mol. The number of aryl methyl sites for hydroxylation is 1. The van der Waals surface area contributed by atoms with E-state index in [0.29, 0.717) is 12.5 Å². The van der Waals surface area contributed by atoms with E-state index in [1.807, 2.05) is 17.7 Å². The molecule has 0 unspecified atom stereocenters. The van der Waals surface area contributed by atoms with Gasteiger partial charge in [-0.2, -0.15) is 0 Å². The number of fused-ring (bicyclic) bond motifs is 1. The Labute approximate surface area is 118 Å². The van der Waals surface area contributed by atoms with Crippen LogP contribution in [0.25, 0.3) is 16.5 Å². The quantitative estimate of drug-likeness (QED) is 0.710. The van der Waals surface area contributed by atoms with Crippen LogP contribution in [0, 0.1) is 6.92 Å². The van der Waals surface area contributed by atoms with Crippen LogP contribution in [0.1, 0.15) is 19.0 Å². The molecule has 1 aromatic heterocycles. The van der Waals surface area contributed by atoms with E-state index in [2.05, 4.69) is 54.5 Å². The van der Waals surface area contributed by atoms with E-state index in [4.69, 9.17) is 4.74 Å². The summed E-state index contributed by atoms with van der Waals surface area (Å²) in [6.45, 7) is 4.84. The van der Waals surface area contributed by atoms with Crippen molar-refractivity contribution < 1.29 is 4.74 Å². The Balaban J connectivity index is 1.99. The molecule has 0 radical (unpaired) electrons. The van der Waals surface area contributed by atoms with E-state index in [-0.39, 0.29) is 0 Å². The Bertz CT molecular complexity index is 731. The lowest BCUT2D eigenvalue weighted by Gasteiger charge is -2.06. The third-order valence-electron chi connectivity index (χ3n) is 3.30. The van der Waals surface area contributed by atoms with Gasteiger partial charge < -0.3 is 4.74 Å². The van der Waals surface area contributed by atoms with Crippen LogP contribution in [0.5, 0.6) is 5.88 Å². The fourth-order valence-electron chi connectivity index (χ4n) is 2.29. The Morgan fingerprint density at radius 2 is 1.85 bits per heavy atom. The van der Waals surface area contributed by atoms with Crippen molar-refractivity contribution >= 4 is 10.8 Å². The van der Waals surface area contributed by atoms with Crippen LogP contribution in [-0.2, 0) is 0 Å². The number of nitrogens with zero attached hydrogens (tertiary/aromatic N) is 2. The fourth-order valence-corrected chi connectivity index (χ4v) is 2.29. The second kappa shape index (κ2) is 5.37. The molecule has 3 rings (SSSR count). The van der Waals surface area contributed by atoms with Crippen molar-refractivity contribution in [2.75, 3.05) is 6.61 Å². The van der Waals surface area contributed by atoms with Crippen LogP contribution < -0.4 is 4.74 Å². The molecule has 0 aliphatic carbocycles. The van der Waals surface area contributed by atoms with Gasteiger partial charge in [0.15, 0.2) is 0 Å². The standard InChI is InChI=1S/C17H18N2O/c1-3-10-20-17-11-13(2)19(18-17)16-9-8-14-6-4-5-7-15(14)12-16/h4-9,11-12H,3,10H2,1-2H3. The van der Waals surface area contributed by atoms with Crippen molar-refractivity contribution in [3.8, 4) is 11.6 Å². The van der Waals surface area contributed by atoms with Crippen LogP contribution in [0.15, 0.2) is 48.5 Å². The lowest BCUT2D eigenvalue weighted by molar-refractivity contribution is 0.303. The first-order valence-electron chi connectivity index (χ1n) is 6.96. The average molecular weight is 266 g/mol. The van der Waals surface area contributed by atoms with Gasteiger partial charge in [0, 0.05) is 11.8 Å². The number of rotatable bonds is 4. The molecule has 0 N–H and O–H groups in total. The maximum absolute atomic E-state index is 5.59. The van der Waals surface area contributed by atoms with Gasteiger partial charge in [0.25, 0.3) is 0 Å². The van der Waals surface area contributed by atoms with E-state index in [1.54, 1.807) is 0 Å². The lowest BCUT2D eigenvalue weighted by atomic mass is 10.1. The minimum absolute atomic E-state index is 0.692. The van der Waals surface area contributed by atoms with Gasteiger partial charge in [0.1, 0.15) is 0 Å². The topological polar surface area (TPSA) is 27.1 Å². The highest BCUT2D eigenvalue weighted by Crippen LogP contribution is 2.21. The molecule has 3 aromatic rings. The molecule has 0 atom stereocenters. The van der Waals surface area contributed by atoms with Crippen LogP contribution in [0.3, 0.4) is 0 Å². The smallest absolute Gasteiger partial charge is 0.233 e. The molecule has 0 aliphatic heterocycles. The summed E-state index contributed by atoms with van der Waals surface area (Å²) in [7, 11) is 0. The summed E-state index contributed by atoms with van der Waals surface area (Å²) in [6.07, 6.45) is 0.988. The minimum Gasteiger partial charge on any atom is -0.477 e. The molecule has 0 aliphatic rings. The second-order valence-corrected chi connectivity index (χ2v) is 4.92. The molecule has 0 bridgehead atoms. The van der Waals surface area contributed by atoms with Crippen molar-refractivity contribution in [3.05, 3.63) is 54.2 Å². The fraction of sp³-hybridized carbons (Fsp3) is 0.235. The highest BCUT2D eigenvalue weighted by atomic mass is 16.5. The molecule has 102 valence electrons. The van der Waals surface area contributed by atoms with Crippen molar-refractivity contribution in [2.24, 2.45) is 0 Å². The largest absolute Gasteiger partial charge is 0.477 e. The summed E-state index contributed by atoms with van der Waals surface area (Å²) in [5, 5.41) is 6.98. The normalized spacial score (nSPS) is 10.9. The van der Waals surface area contributed by atoms with Gasteiger partial charge in [0.05, 0.1) is 12.3 Å². The third-order valence-corrected chi connectivity index (χ3v) is 3.30. The molecule has 1 heterocycles. The molecular weight excluding hydrogens is 248 g/mol. The highest BCUT2D eigenvalue weighted by molar-refractivity contribution is 5.84. The molecule has 3 nitrogen and oxygen atoms in total. The maximum Gasteiger partial charge on any atom is 0.233 e. The summed E-state index contributed by atoms with van der Waals surface area (Å²) in [5.74, 6) is 0.692. The lowest BCUT2D eigenvalue weighted by Crippen LogP contribution is -2.00. The number of hydrogen-bond acceptors (Lipinski definition) is 2. The number of ether oxygens (including phenoxy) is 1. The molecule has 2 aromatic carbocycles. The zero-order chi connectivity index (χ0) is 13.9. The maximum atomic E-state index is 5.59. The average Bonchev–Trinajstić information content (AvgIpc) is 2.85. The molecule has 0 saturated heterocycles. The first-order valence-corrected chi connectivity index (χ1v) is 6.96. The first-order chi connectivity index (χ1) is 9.78. The van der Waals surface area contributed by atoms with Gasteiger partial charge in [-0.15, -0.1) is 5.10 Å². The molecular formula is C17H18N2O. The van der Waals surface area contributed by atoms with Crippen molar-refractivity contribution in [1.29, 1.82) is 0 Å². The molecule has 20 heavy (non-hydrogen) atoms. The van der Waals surface area contributed by atoms with Crippen molar-refractivity contribution in [2.45, 2.75) is 20.3 Å². The summed E-state index contributed by atoms with van der Waals surface area (Å²) < 4.78 is 7.52. The van der Waals surface area contributed by atoms with E-state index in [0.717, 1.165) is 17.8 Å². The van der Waals surface area contributed by atoms with E-state index >= 15 is 0 Å². The summed E-state index contributed by atoms with van der Waals surface area (Å²) >= 11 is 0. The zero-order valence-corrected chi connectivity index (χ0v) is 11.8. The van der Waals surface area contributed by atoms with E-state index < -0.39 is 0 Å². The van der Waals surface area contributed by atoms with Gasteiger partial charge >= 0.3 is 0 Å². The van der Waals surface area contributed by atoms with Crippen LogP contribution >= 0.6 is 0 Å². The molecule has 0 saturated carbocycles. The van der Waals surface area contributed by atoms with E-state index in [1.165, 1.54) is 10.8 Å². The van der Waals surface area contributed by atoms with Crippen molar-refractivity contribution in [3.63, 3.8) is 0 Å².